The largest absolute Gasteiger partial charge is 0.356 e. The van der Waals surface area contributed by atoms with Crippen molar-refractivity contribution >= 4 is 11.9 Å². The molecule has 0 spiro atoms. The molecule has 2 N–H and O–H groups in total. The number of aryl methyl sites for hydroxylation is 1. The Morgan fingerprint density at radius 1 is 1.52 bits per heavy atom. The van der Waals surface area contributed by atoms with Crippen LogP contribution in [-0.4, -0.2) is 53.1 Å². The van der Waals surface area contributed by atoms with E-state index in [1.807, 2.05) is 10.8 Å². The molecule has 2 heterocycles. The fourth-order valence-electron chi connectivity index (χ4n) is 2.32. The average Bonchev–Trinajstić information content (AvgIpc) is 2.90. The van der Waals surface area contributed by atoms with Crippen LogP contribution in [0, 0.1) is 0 Å². The van der Waals surface area contributed by atoms with Gasteiger partial charge in [-0.15, -0.1) is 0 Å². The maximum atomic E-state index is 12.0. The summed E-state index contributed by atoms with van der Waals surface area (Å²) in [6, 6.07) is 0.573. The van der Waals surface area contributed by atoms with Crippen LogP contribution in [0.4, 0.5) is 5.95 Å². The maximum absolute atomic E-state index is 12.0. The molecule has 0 aromatic carbocycles. The molecule has 0 atom stereocenters. The van der Waals surface area contributed by atoms with Gasteiger partial charge in [0, 0.05) is 31.9 Å². The molecule has 118 valence electrons. The molecule has 6 nitrogen and oxygen atoms in total. The lowest BCUT2D eigenvalue weighted by Crippen LogP contribution is -2.29. The molecule has 0 aliphatic carbocycles. The van der Waals surface area contributed by atoms with Gasteiger partial charge < -0.3 is 20.1 Å². The molecule has 0 bridgehead atoms. The van der Waals surface area contributed by atoms with Crippen molar-refractivity contribution in [2.75, 3.05) is 32.0 Å². The van der Waals surface area contributed by atoms with E-state index < -0.39 is 0 Å². The molecule has 1 aliphatic rings. The Morgan fingerprint density at radius 3 is 3.05 bits per heavy atom. The van der Waals surface area contributed by atoms with Gasteiger partial charge in [0.05, 0.1) is 0 Å². The molecule has 1 aromatic rings. The van der Waals surface area contributed by atoms with Crippen LogP contribution in [-0.2, 0) is 6.54 Å². The van der Waals surface area contributed by atoms with Crippen molar-refractivity contribution in [2.24, 2.45) is 0 Å². The number of carbonyl (C=O) groups is 1. The summed E-state index contributed by atoms with van der Waals surface area (Å²) in [6.07, 6.45) is 5.00. The van der Waals surface area contributed by atoms with E-state index in [9.17, 15) is 4.79 Å². The summed E-state index contributed by atoms with van der Waals surface area (Å²) in [6.45, 7) is 8.02. The minimum absolute atomic E-state index is 0.0732. The Bertz CT molecular complexity index is 445. The molecule has 6 heteroatoms. The molecule has 0 fully saturated rings. The number of imidazole rings is 1. The standard InChI is InChI=1S/C15H27N5O/c1-12(2)19(3)9-5-4-7-16-14(21)13-11-20-10-6-8-17-15(20)18-13/h11-12H,4-10H2,1-3H3,(H,16,21)(H,17,18). The Hall–Kier alpha value is -1.56. The highest BCUT2D eigenvalue weighted by Gasteiger charge is 2.15. The topological polar surface area (TPSA) is 62.2 Å². The summed E-state index contributed by atoms with van der Waals surface area (Å²) in [7, 11) is 2.13. The van der Waals surface area contributed by atoms with Crippen molar-refractivity contribution in [1.29, 1.82) is 0 Å². The van der Waals surface area contributed by atoms with Gasteiger partial charge in [-0.25, -0.2) is 4.98 Å². The van der Waals surface area contributed by atoms with Crippen molar-refractivity contribution < 1.29 is 4.79 Å². The zero-order valence-electron chi connectivity index (χ0n) is 13.4. The monoisotopic (exact) mass is 293 g/mol. The van der Waals surface area contributed by atoms with Crippen LogP contribution in [0.5, 0.6) is 0 Å². The highest BCUT2D eigenvalue weighted by atomic mass is 16.1. The smallest absolute Gasteiger partial charge is 0.271 e. The molecule has 0 saturated heterocycles. The van der Waals surface area contributed by atoms with Gasteiger partial charge in [0.15, 0.2) is 0 Å². The van der Waals surface area contributed by atoms with Crippen molar-refractivity contribution in [3.8, 4) is 0 Å². The summed E-state index contributed by atoms with van der Waals surface area (Å²) in [5, 5.41) is 6.15. The SMILES string of the molecule is CC(C)N(C)CCCCNC(=O)c1cn2c(n1)NCCC2. The fourth-order valence-corrected chi connectivity index (χ4v) is 2.32. The van der Waals surface area contributed by atoms with Crippen LogP contribution in [0.25, 0.3) is 0 Å². The third-order valence-electron chi connectivity index (χ3n) is 3.97. The molecular weight excluding hydrogens is 266 g/mol. The van der Waals surface area contributed by atoms with Gasteiger partial charge in [0.25, 0.3) is 5.91 Å². The molecule has 0 unspecified atom stereocenters. The number of aromatic nitrogens is 2. The normalized spacial score (nSPS) is 14.1. The molecule has 21 heavy (non-hydrogen) atoms. The van der Waals surface area contributed by atoms with Crippen LogP contribution in [0.15, 0.2) is 6.20 Å². The fraction of sp³-hybridized carbons (Fsp3) is 0.733. The molecule has 0 saturated carbocycles. The molecular formula is C15H27N5O. The van der Waals surface area contributed by atoms with Crippen molar-refractivity contribution in [1.82, 2.24) is 19.8 Å². The molecule has 1 aliphatic heterocycles. The van der Waals surface area contributed by atoms with Crippen molar-refractivity contribution in [2.45, 2.75) is 45.7 Å². The number of fused-ring (bicyclic) bond motifs is 1. The van der Waals surface area contributed by atoms with Gasteiger partial charge in [-0.1, -0.05) is 0 Å². The summed E-state index contributed by atoms with van der Waals surface area (Å²) in [5.74, 6) is 0.737. The molecule has 1 amide bonds. The number of amides is 1. The third-order valence-corrected chi connectivity index (χ3v) is 3.97. The van der Waals surface area contributed by atoms with E-state index >= 15 is 0 Å². The average molecular weight is 293 g/mol. The second-order valence-electron chi connectivity index (χ2n) is 5.96. The Labute approximate surface area is 126 Å². The quantitative estimate of drug-likeness (QED) is 0.749. The minimum Gasteiger partial charge on any atom is -0.356 e. The number of carbonyl (C=O) groups excluding carboxylic acids is 1. The van der Waals surface area contributed by atoms with E-state index in [-0.39, 0.29) is 5.91 Å². The molecule has 1 aromatic heterocycles. The van der Waals surface area contributed by atoms with Crippen molar-refractivity contribution in [3.63, 3.8) is 0 Å². The van der Waals surface area contributed by atoms with E-state index in [4.69, 9.17) is 0 Å². The van der Waals surface area contributed by atoms with Crippen LogP contribution >= 0.6 is 0 Å². The second kappa shape index (κ2) is 7.45. The first-order valence-corrected chi connectivity index (χ1v) is 7.87. The second-order valence-corrected chi connectivity index (χ2v) is 5.96. The molecule has 2 rings (SSSR count). The van der Waals surface area contributed by atoms with Crippen LogP contribution < -0.4 is 10.6 Å². The highest BCUT2D eigenvalue weighted by molar-refractivity contribution is 5.92. The number of unbranched alkanes of at least 4 members (excludes halogenated alkanes) is 1. The highest BCUT2D eigenvalue weighted by Crippen LogP contribution is 2.13. The van der Waals surface area contributed by atoms with E-state index in [2.05, 4.69) is 41.4 Å². The van der Waals surface area contributed by atoms with E-state index in [0.717, 1.165) is 44.8 Å². The van der Waals surface area contributed by atoms with Crippen LogP contribution in [0.1, 0.15) is 43.6 Å². The summed E-state index contributed by atoms with van der Waals surface area (Å²) in [4.78, 5) is 18.7. The lowest BCUT2D eigenvalue weighted by molar-refractivity contribution is 0.0948. The van der Waals surface area contributed by atoms with Crippen molar-refractivity contribution in [3.05, 3.63) is 11.9 Å². The van der Waals surface area contributed by atoms with Gasteiger partial charge in [-0.05, 0) is 46.7 Å². The van der Waals surface area contributed by atoms with Gasteiger partial charge in [0.1, 0.15) is 5.69 Å². The first-order valence-electron chi connectivity index (χ1n) is 7.87. The summed E-state index contributed by atoms with van der Waals surface area (Å²) >= 11 is 0. The first kappa shape index (κ1) is 15.8. The molecule has 0 radical (unpaired) electrons. The zero-order chi connectivity index (χ0) is 15.2. The number of hydrogen-bond donors (Lipinski definition) is 2. The van der Waals surface area contributed by atoms with E-state index in [0.29, 0.717) is 18.3 Å². The van der Waals surface area contributed by atoms with Gasteiger partial charge >= 0.3 is 0 Å². The first-order chi connectivity index (χ1) is 10.1. The lowest BCUT2D eigenvalue weighted by Gasteiger charge is -2.20. The zero-order valence-corrected chi connectivity index (χ0v) is 13.4. The van der Waals surface area contributed by atoms with E-state index in [1.54, 1.807) is 0 Å². The Kier molecular flexibility index (Phi) is 5.61. The number of rotatable bonds is 7. The predicted octanol–water partition coefficient (Wildman–Crippen LogP) is 1.55. The van der Waals surface area contributed by atoms with Gasteiger partial charge in [-0.2, -0.15) is 0 Å². The number of nitrogens with zero attached hydrogens (tertiary/aromatic N) is 3. The van der Waals surface area contributed by atoms with Crippen LogP contribution in [0.2, 0.25) is 0 Å². The summed E-state index contributed by atoms with van der Waals surface area (Å²) < 4.78 is 2.01. The third kappa shape index (κ3) is 4.46. The Balaban J connectivity index is 1.69. The summed E-state index contributed by atoms with van der Waals surface area (Å²) in [5.41, 5.74) is 0.513. The van der Waals surface area contributed by atoms with E-state index in [1.165, 1.54) is 0 Å². The van der Waals surface area contributed by atoms with Gasteiger partial charge in [0.2, 0.25) is 5.95 Å². The number of hydrogen-bond acceptors (Lipinski definition) is 4. The minimum atomic E-state index is -0.0732. The lowest BCUT2D eigenvalue weighted by atomic mass is 10.2. The maximum Gasteiger partial charge on any atom is 0.271 e. The number of anilines is 1. The predicted molar refractivity (Wildman–Crippen MR) is 84.7 cm³/mol. The van der Waals surface area contributed by atoms with Crippen LogP contribution in [0.3, 0.4) is 0 Å². The van der Waals surface area contributed by atoms with Gasteiger partial charge in [-0.3, -0.25) is 4.79 Å². The Morgan fingerprint density at radius 2 is 2.33 bits per heavy atom. The number of nitrogens with one attached hydrogen (secondary N) is 2.